The van der Waals surface area contributed by atoms with Gasteiger partial charge in [0.25, 0.3) is 0 Å². The fourth-order valence-corrected chi connectivity index (χ4v) is 3.70. The topological polar surface area (TPSA) is 108 Å². The zero-order chi connectivity index (χ0) is 21.1. The molecule has 30 heavy (non-hydrogen) atoms. The number of aromatic amines is 1. The number of hydrogen-bond donors (Lipinski definition) is 2. The van der Waals surface area contributed by atoms with Gasteiger partial charge in [0.15, 0.2) is 0 Å². The summed E-state index contributed by atoms with van der Waals surface area (Å²) in [4.78, 5) is 35.1. The molecule has 2 N–H and O–H groups in total. The van der Waals surface area contributed by atoms with Crippen LogP contribution in [0.2, 0.25) is 0 Å². The first-order valence-corrected chi connectivity index (χ1v) is 10.3. The average molecular weight is 415 g/mol. The molecule has 4 rings (SSSR count). The molecule has 2 aromatic heterocycles. The summed E-state index contributed by atoms with van der Waals surface area (Å²) in [6.07, 6.45) is 9.95. The molecule has 3 heterocycles. The standard InChI is InChI=1S/C20H29N7O3/c1-25(2)19(28)13-30-12-17-7-16(10-26(17)11-18-21-5-6-22-18)27-9-15(8-23-27)24-20(29)14-3-4-14/h5-6,8-9,14,16-17H,3-4,7,10-13H2,1-2H3,(H,21,22)(H,24,29)/t16-,17-/m0/s1. The summed E-state index contributed by atoms with van der Waals surface area (Å²) in [7, 11) is 3.44. The summed E-state index contributed by atoms with van der Waals surface area (Å²) >= 11 is 0. The SMILES string of the molecule is CN(C)C(=O)COC[C@@H]1C[C@H](n2cc(NC(=O)C3CC3)cn2)CN1Cc1ncc[nH]1. The van der Waals surface area contributed by atoms with E-state index in [4.69, 9.17) is 4.74 Å². The number of hydrogen-bond acceptors (Lipinski definition) is 6. The normalized spacial score (nSPS) is 21.7. The molecule has 1 aliphatic heterocycles. The van der Waals surface area contributed by atoms with E-state index in [9.17, 15) is 9.59 Å². The average Bonchev–Trinajstić information content (AvgIpc) is 3.09. The zero-order valence-corrected chi connectivity index (χ0v) is 17.5. The maximum atomic E-state index is 12.0. The lowest BCUT2D eigenvalue weighted by Gasteiger charge is -2.23. The van der Waals surface area contributed by atoms with Crippen LogP contribution in [0.5, 0.6) is 0 Å². The Labute approximate surface area is 175 Å². The van der Waals surface area contributed by atoms with Crippen molar-refractivity contribution in [3.8, 4) is 0 Å². The molecule has 2 aromatic rings. The lowest BCUT2D eigenvalue weighted by molar-refractivity contribution is -0.134. The highest BCUT2D eigenvalue weighted by atomic mass is 16.5. The number of nitrogens with zero attached hydrogens (tertiary/aromatic N) is 5. The van der Waals surface area contributed by atoms with Gasteiger partial charge >= 0.3 is 0 Å². The Morgan fingerprint density at radius 1 is 1.37 bits per heavy atom. The summed E-state index contributed by atoms with van der Waals surface area (Å²) in [6.45, 7) is 1.99. The predicted molar refractivity (Wildman–Crippen MR) is 110 cm³/mol. The summed E-state index contributed by atoms with van der Waals surface area (Å²) in [5.74, 6) is 1.08. The highest BCUT2D eigenvalue weighted by Gasteiger charge is 2.35. The fourth-order valence-electron chi connectivity index (χ4n) is 3.70. The maximum Gasteiger partial charge on any atom is 0.248 e. The monoisotopic (exact) mass is 415 g/mol. The zero-order valence-electron chi connectivity index (χ0n) is 17.5. The largest absolute Gasteiger partial charge is 0.370 e. The molecule has 2 atom stereocenters. The number of amides is 2. The Kier molecular flexibility index (Phi) is 6.14. The molecule has 0 aromatic carbocycles. The highest BCUT2D eigenvalue weighted by molar-refractivity contribution is 5.93. The van der Waals surface area contributed by atoms with Crippen LogP contribution in [0.4, 0.5) is 5.69 Å². The van der Waals surface area contributed by atoms with Crippen LogP contribution in [0.3, 0.4) is 0 Å². The van der Waals surface area contributed by atoms with E-state index in [2.05, 4.69) is 25.3 Å². The van der Waals surface area contributed by atoms with Gasteiger partial charge in [0.05, 0.1) is 31.1 Å². The van der Waals surface area contributed by atoms with Crippen molar-refractivity contribution in [1.82, 2.24) is 29.5 Å². The van der Waals surface area contributed by atoms with Crippen molar-refractivity contribution >= 4 is 17.5 Å². The van der Waals surface area contributed by atoms with Gasteiger partial charge in [0, 0.05) is 51.2 Å². The molecule has 162 valence electrons. The van der Waals surface area contributed by atoms with Gasteiger partial charge in [-0.15, -0.1) is 0 Å². The number of carbonyl (C=O) groups excluding carboxylic acids is 2. The van der Waals surface area contributed by atoms with Gasteiger partial charge in [0.2, 0.25) is 11.8 Å². The van der Waals surface area contributed by atoms with Crippen LogP contribution in [0.25, 0.3) is 0 Å². The van der Waals surface area contributed by atoms with Crippen LogP contribution < -0.4 is 5.32 Å². The number of ether oxygens (including phenoxy) is 1. The molecule has 2 fully saturated rings. The maximum absolute atomic E-state index is 12.0. The van der Waals surface area contributed by atoms with Gasteiger partial charge in [-0.1, -0.05) is 0 Å². The minimum absolute atomic E-state index is 0.0507. The lowest BCUT2D eigenvalue weighted by atomic mass is 10.2. The summed E-state index contributed by atoms with van der Waals surface area (Å²) in [6, 6.07) is 0.299. The minimum Gasteiger partial charge on any atom is -0.370 e. The second-order valence-electron chi connectivity index (χ2n) is 8.28. The molecule has 1 saturated carbocycles. The third-order valence-corrected chi connectivity index (χ3v) is 5.64. The smallest absolute Gasteiger partial charge is 0.248 e. The second-order valence-corrected chi connectivity index (χ2v) is 8.28. The van der Waals surface area contributed by atoms with E-state index in [1.807, 2.05) is 17.1 Å². The van der Waals surface area contributed by atoms with Gasteiger partial charge in [0.1, 0.15) is 12.4 Å². The number of anilines is 1. The van der Waals surface area contributed by atoms with Gasteiger partial charge in [-0.2, -0.15) is 5.10 Å². The van der Waals surface area contributed by atoms with Crippen molar-refractivity contribution < 1.29 is 14.3 Å². The molecule has 1 saturated heterocycles. The quantitative estimate of drug-likeness (QED) is 0.629. The molecule has 2 aliphatic rings. The van der Waals surface area contributed by atoms with E-state index in [0.717, 1.165) is 37.3 Å². The number of rotatable bonds is 9. The molecule has 0 bridgehead atoms. The Bertz CT molecular complexity index is 860. The molecule has 0 radical (unpaired) electrons. The van der Waals surface area contributed by atoms with Crippen molar-refractivity contribution in [3.63, 3.8) is 0 Å². The van der Waals surface area contributed by atoms with Crippen LogP contribution in [-0.2, 0) is 20.9 Å². The lowest BCUT2D eigenvalue weighted by Crippen LogP contribution is -2.35. The molecular weight excluding hydrogens is 386 g/mol. The molecule has 0 spiro atoms. The number of nitrogens with one attached hydrogen (secondary N) is 2. The number of likely N-dealkylation sites (N-methyl/N-ethyl adjacent to an activating group) is 1. The number of carbonyl (C=O) groups is 2. The summed E-state index contributed by atoms with van der Waals surface area (Å²) < 4.78 is 7.63. The van der Waals surface area contributed by atoms with Gasteiger partial charge in [-0.3, -0.25) is 19.2 Å². The van der Waals surface area contributed by atoms with Crippen molar-refractivity contribution in [3.05, 3.63) is 30.6 Å². The molecule has 1 aliphatic carbocycles. The van der Waals surface area contributed by atoms with Crippen LogP contribution in [0.15, 0.2) is 24.8 Å². The molecular formula is C20H29N7O3. The van der Waals surface area contributed by atoms with E-state index < -0.39 is 0 Å². The highest BCUT2D eigenvalue weighted by Crippen LogP contribution is 2.31. The molecule has 2 amide bonds. The minimum atomic E-state index is -0.0507. The van der Waals surface area contributed by atoms with Gasteiger partial charge in [-0.25, -0.2) is 4.98 Å². The Morgan fingerprint density at radius 2 is 2.20 bits per heavy atom. The van der Waals surface area contributed by atoms with Crippen molar-refractivity contribution in [1.29, 1.82) is 0 Å². The van der Waals surface area contributed by atoms with Crippen molar-refractivity contribution in [2.24, 2.45) is 5.92 Å². The van der Waals surface area contributed by atoms with Crippen molar-refractivity contribution in [2.75, 3.05) is 39.2 Å². The van der Waals surface area contributed by atoms with Gasteiger partial charge < -0.3 is 19.9 Å². The third-order valence-electron chi connectivity index (χ3n) is 5.64. The van der Waals surface area contributed by atoms with Crippen LogP contribution in [0, 0.1) is 5.92 Å². The van der Waals surface area contributed by atoms with E-state index in [-0.39, 0.29) is 36.4 Å². The van der Waals surface area contributed by atoms with E-state index in [1.54, 1.807) is 26.5 Å². The number of imidazole rings is 1. The number of H-pyrrole nitrogens is 1. The summed E-state index contributed by atoms with van der Waals surface area (Å²) in [5, 5.41) is 7.43. The van der Waals surface area contributed by atoms with Gasteiger partial charge in [-0.05, 0) is 19.3 Å². The Hall–Kier alpha value is -2.72. The fraction of sp³-hybridized carbons (Fsp3) is 0.600. The second kappa shape index (κ2) is 8.97. The third kappa shape index (κ3) is 5.06. The first kappa shape index (κ1) is 20.5. The Morgan fingerprint density at radius 3 is 2.90 bits per heavy atom. The van der Waals surface area contributed by atoms with Crippen LogP contribution >= 0.6 is 0 Å². The molecule has 10 heteroatoms. The number of aromatic nitrogens is 4. The van der Waals surface area contributed by atoms with Crippen molar-refractivity contribution in [2.45, 2.75) is 37.9 Å². The van der Waals surface area contributed by atoms with Crippen LogP contribution in [-0.4, -0.2) is 81.3 Å². The van der Waals surface area contributed by atoms with E-state index in [1.165, 1.54) is 4.90 Å². The molecule has 0 unspecified atom stereocenters. The van der Waals surface area contributed by atoms with E-state index >= 15 is 0 Å². The molecule has 10 nitrogen and oxygen atoms in total. The van der Waals surface area contributed by atoms with Crippen LogP contribution in [0.1, 0.15) is 31.1 Å². The first-order chi connectivity index (χ1) is 14.5. The number of likely N-dealkylation sites (tertiary alicyclic amines) is 1. The Balaban J connectivity index is 1.38. The van der Waals surface area contributed by atoms with E-state index in [0.29, 0.717) is 13.2 Å². The first-order valence-electron chi connectivity index (χ1n) is 10.3. The summed E-state index contributed by atoms with van der Waals surface area (Å²) in [5.41, 5.74) is 0.737. The predicted octanol–water partition coefficient (Wildman–Crippen LogP) is 0.875.